The monoisotopic (exact) mass is 536 g/mol. The van der Waals surface area contributed by atoms with Crippen LogP contribution in [0, 0.1) is 11.8 Å². The number of nitrogens with zero attached hydrogens (tertiary/aromatic N) is 5. The van der Waals surface area contributed by atoms with Crippen molar-refractivity contribution in [3.63, 3.8) is 0 Å². The summed E-state index contributed by atoms with van der Waals surface area (Å²) in [6, 6.07) is 8.84. The maximum Gasteiger partial charge on any atom is 0.227 e. The van der Waals surface area contributed by atoms with Crippen molar-refractivity contribution in [1.82, 2.24) is 15.0 Å². The minimum atomic E-state index is -3.00. The molecule has 3 aliphatic heterocycles. The molecule has 6 rings (SSSR count). The molecule has 3 fully saturated rings. The fraction of sp³-hybridized carbons (Fsp3) is 0.536. The Labute approximate surface area is 224 Å². The molecular formula is C28H36N6O3S. The number of nitrogens with one attached hydrogen (secondary N) is 1. The molecule has 0 aliphatic carbocycles. The van der Waals surface area contributed by atoms with Gasteiger partial charge in [0.1, 0.15) is 21.5 Å². The molecule has 1 N–H and O–H groups in total. The Hall–Kier alpha value is -2.98. The number of sulfone groups is 1. The first-order valence-corrected chi connectivity index (χ1v) is 15.6. The first kappa shape index (κ1) is 25.3. The lowest BCUT2D eigenvalue weighted by Crippen LogP contribution is -2.57. The third kappa shape index (κ3) is 4.68. The molecule has 5 heterocycles. The van der Waals surface area contributed by atoms with E-state index in [4.69, 9.17) is 14.7 Å². The largest absolute Gasteiger partial charge is 0.379 e. The van der Waals surface area contributed by atoms with E-state index in [9.17, 15) is 8.42 Å². The Morgan fingerprint density at radius 2 is 1.95 bits per heavy atom. The normalized spacial score (nSPS) is 25.2. The standard InChI is InChI=1S/C28H36N6O3S/c1-17(2)21-5-6-24(34-13-20(18(34)3)16-38(4,35)36)23-12-30-27(11-22(21)23)31-26-7-9-29-28(32-26)33-10-8-19-14-37-15-25(19)33/h5-7,9,11-12,17-20,25H,8,10,13-16H2,1-4H3,(H,29,30,31,32)/t18-,19?,20-,25?/m1/s1. The molecule has 1 aromatic carbocycles. The summed E-state index contributed by atoms with van der Waals surface area (Å²) in [6.07, 6.45) is 6.16. The fourth-order valence-corrected chi connectivity index (χ4v) is 7.43. The van der Waals surface area contributed by atoms with Crippen LogP contribution in [0.3, 0.4) is 0 Å². The number of fused-ring (bicyclic) bond motifs is 2. The van der Waals surface area contributed by atoms with E-state index in [1.54, 1.807) is 6.20 Å². The van der Waals surface area contributed by atoms with Crippen molar-refractivity contribution in [3.05, 3.63) is 42.2 Å². The van der Waals surface area contributed by atoms with Gasteiger partial charge in [0, 0.05) is 60.7 Å². The molecule has 3 aliphatic rings. The Balaban J connectivity index is 1.28. The number of aromatic nitrogens is 3. The number of pyridine rings is 1. The molecule has 38 heavy (non-hydrogen) atoms. The van der Waals surface area contributed by atoms with Gasteiger partial charge in [-0.1, -0.05) is 19.9 Å². The van der Waals surface area contributed by atoms with Crippen molar-refractivity contribution in [2.45, 2.75) is 45.2 Å². The molecule has 0 spiro atoms. The second kappa shape index (κ2) is 9.64. The predicted octanol–water partition coefficient (Wildman–Crippen LogP) is 3.99. The summed E-state index contributed by atoms with van der Waals surface area (Å²) in [7, 11) is -3.00. The molecule has 9 nitrogen and oxygen atoms in total. The van der Waals surface area contributed by atoms with Crippen LogP contribution < -0.4 is 15.1 Å². The fourth-order valence-electron chi connectivity index (χ4n) is 6.27. The minimum Gasteiger partial charge on any atom is -0.379 e. The van der Waals surface area contributed by atoms with E-state index in [1.165, 1.54) is 11.8 Å². The number of hydrogen-bond acceptors (Lipinski definition) is 9. The first-order valence-electron chi connectivity index (χ1n) is 13.5. The molecule has 10 heteroatoms. The van der Waals surface area contributed by atoms with Crippen LogP contribution >= 0.6 is 0 Å². The van der Waals surface area contributed by atoms with Crippen LogP contribution in [0.5, 0.6) is 0 Å². The van der Waals surface area contributed by atoms with Crippen molar-refractivity contribution < 1.29 is 13.2 Å². The zero-order chi connectivity index (χ0) is 26.6. The highest BCUT2D eigenvalue weighted by atomic mass is 32.2. The Kier molecular flexibility index (Phi) is 6.42. The smallest absolute Gasteiger partial charge is 0.227 e. The van der Waals surface area contributed by atoms with Crippen LogP contribution in [0.25, 0.3) is 10.8 Å². The highest BCUT2D eigenvalue weighted by Crippen LogP contribution is 2.40. The molecule has 0 radical (unpaired) electrons. The van der Waals surface area contributed by atoms with Gasteiger partial charge < -0.3 is 19.9 Å². The van der Waals surface area contributed by atoms with E-state index < -0.39 is 9.84 Å². The van der Waals surface area contributed by atoms with Gasteiger partial charge in [0.2, 0.25) is 5.95 Å². The topological polar surface area (TPSA) is 101 Å². The van der Waals surface area contributed by atoms with Crippen molar-refractivity contribution >= 4 is 43.9 Å². The van der Waals surface area contributed by atoms with Crippen LogP contribution in [0.2, 0.25) is 0 Å². The summed E-state index contributed by atoms with van der Waals surface area (Å²) in [5.41, 5.74) is 2.36. The molecule has 0 saturated carbocycles. The van der Waals surface area contributed by atoms with Crippen LogP contribution in [0.1, 0.15) is 38.7 Å². The van der Waals surface area contributed by atoms with Gasteiger partial charge in [-0.2, -0.15) is 4.98 Å². The lowest BCUT2D eigenvalue weighted by molar-refractivity contribution is 0.179. The molecule has 3 saturated heterocycles. The van der Waals surface area contributed by atoms with Gasteiger partial charge in [0.15, 0.2) is 0 Å². The number of anilines is 4. The zero-order valence-electron chi connectivity index (χ0n) is 22.5. The van der Waals surface area contributed by atoms with Gasteiger partial charge in [0.25, 0.3) is 0 Å². The van der Waals surface area contributed by atoms with E-state index in [2.05, 4.69) is 59.1 Å². The summed E-state index contributed by atoms with van der Waals surface area (Å²) in [6.45, 7) is 9.76. The Morgan fingerprint density at radius 1 is 1.11 bits per heavy atom. The molecule has 202 valence electrons. The van der Waals surface area contributed by atoms with Crippen molar-refractivity contribution in [3.8, 4) is 0 Å². The van der Waals surface area contributed by atoms with Crippen LogP contribution in [0.15, 0.2) is 36.7 Å². The van der Waals surface area contributed by atoms with Gasteiger partial charge in [-0.05, 0) is 48.4 Å². The Bertz CT molecular complexity index is 1460. The summed E-state index contributed by atoms with van der Waals surface area (Å²) in [5, 5.41) is 5.63. The number of ether oxygens (including phenoxy) is 1. The SMILES string of the molecule is CC(C)c1ccc(N2C[C@H](CS(C)(=O)=O)[C@H]2C)c2cnc(Nc3ccnc(N4CCC5COCC54)n3)cc12. The minimum absolute atomic E-state index is 0.146. The average Bonchev–Trinajstić information content (AvgIpc) is 3.49. The summed E-state index contributed by atoms with van der Waals surface area (Å²) < 4.78 is 29.3. The van der Waals surface area contributed by atoms with Gasteiger partial charge in [-0.15, -0.1) is 0 Å². The third-order valence-corrected chi connectivity index (χ3v) is 9.46. The second-order valence-electron chi connectivity index (χ2n) is 11.4. The summed E-state index contributed by atoms with van der Waals surface area (Å²) >= 11 is 0. The molecule has 2 aromatic heterocycles. The van der Waals surface area contributed by atoms with Gasteiger partial charge in [0.05, 0.1) is 25.0 Å². The van der Waals surface area contributed by atoms with Crippen molar-refractivity contribution in [2.75, 3.05) is 53.4 Å². The third-order valence-electron chi connectivity index (χ3n) is 8.43. The molecule has 4 atom stereocenters. The van der Waals surface area contributed by atoms with E-state index in [-0.39, 0.29) is 17.7 Å². The lowest BCUT2D eigenvalue weighted by atomic mass is 9.88. The molecule has 2 unspecified atom stereocenters. The van der Waals surface area contributed by atoms with Crippen LogP contribution in [-0.4, -0.2) is 73.8 Å². The van der Waals surface area contributed by atoms with Gasteiger partial charge in [-0.25, -0.2) is 18.4 Å². The van der Waals surface area contributed by atoms with Gasteiger partial charge >= 0.3 is 0 Å². The first-order chi connectivity index (χ1) is 18.2. The molecule has 0 amide bonds. The Morgan fingerprint density at radius 3 is 2.71 bits per heavy atom. The average molecular weight is 537 g/mol. The van der Waals surface area contributed by atoms with Gasteiger partial charge in [-0.3, -0.25) is 0 Å². The van der Waals surface area contributed by atoms with E-state index in [0.29, 0.717) is 23.7 Å². The van der Waals surface area contributed by atoms with E-state index in [1.807, 2.05) is 12.3 Å². The quantitative estimate of drug-likeness (QED) is 0.480. The maximum absolute atomic E-state index is 11.8. The molecular weight excluding hydrogens is 500 g/mol. The van der Waals surface area contributed by atoms with E-state index in [0.717, 1.165) is 61.0 Å². The van der Waals surface area contributed by atoms with Crippen molar-refractivity contribution in [2.24, 2.45) is 11.8 Å². The maximum atomic E-state index is 11.8. The van der Waals surface area contributed by atoms with E-state index >= 15 is 0 Å². The zero-order valence-corrected chi connectivity index (χ0v) is 23.3. The second-order valence-corrected chi connectivity index (χ2v) is 13.6. The summed E-state index contributed by atoms with van der Waals surface area (Å²) in [5.74, 6) is 3.46. The van der Waals surface area contributed by atoms with Crippen LogP contribution in [0.4, 0.5) is 23.3 Å². The van der Waals surface area contributed by atoms with Crippen molar-refractivity contribution in [1.29, 1.82) is 0 Å². The highest BCUT2D eigenvalue weighted by molar-refractivity contribution is 7.90. The number of benzene rings is 1. The number of hydrogen-bond donors (Lipinski definition) is 1. The molecule has 3 aromatic rings. The summed E-state index contributed by atoms with van der Waals surface area (Å²) in [4.78, 5) is 18.7. The highest BCUT2D eigenvalue weighted by Gasteiger charge is 2.40. The predicted molar refractivity (Wildman–Crippen MR) is 151 cm³/mol. The van der Waals surface area contributed by atoms with Crippen LogP contribution in [-0.2, 0) is 14.6 Å². The molecule has 0 bridgehead atoms. The number of rotatable bonds is 7. The lowest BCUT2D eigenvalue weighted by Gasteiger charge is -2.48.